The number of nitrogens with zero attached hydrogens (tertiary/aromatic N) is 5. The van der Waals surface area contributed by atoms with Crippen LogP contribution in [-0.4, -0.2) is 39.4 Å². The van der Waals surface area contributed by atoms with Crippen molar-refractivity contribution in [1.82, 2.24) is 20.4 Å². The van der Waals surface area contributed by atoms with Gasteiger partial charge in [0.05, 0.1) is 5.92 Å². The summed E-state index contributed by atoms with van der Waals surface area (Å²) in [6, 6.07) is 3.52. The van der Waals surface area contributed by atoms with Gasteiger partial charge in [-0.25, -0.2) is 0 Å². The molecule has 1 fully saturated rings. The maximum Gasteiger partial charge on any atom is 0.231 e. The molecule has 0 radical (unpaired) electrons. The molecule has 7 nitrogen and oxygen atoms in total. The molecule has 1 aliphatic heterocycles. The number of carbonyl (C=O) groups excluding carboxylic acids is 1. The molecule has 1 amide bonds. The van der Waals surface area contributed by atoms with E-state index >= 15 is 0 Å². The van der Waals surface area contributed by atoms with E-state index in [2.05, 4.69) is 30.6 Å². The second kappa shape index (κ2) is 6.31. The van der Waals surface area contributed by atoms with Crippen LogP contribution in [0.4, 0.5) is 10.9 Å². The quantitative estimate of drug-likeness (QED) is 0.927. The molecule has 1 atom stereocenters. The van der Waals surface area contributed by atoms with Crippen LogP contribution in [0.1, 0.15) is 12.8 Å². The van der Waals surface area contributed by atoms with Crippen LogP contribution in [0.25, 0.3) is 0 Å². The molecule has 0 spiro atoms. The molecule has 9 heteroatoms. The Labute approximate surface area is 130 Å². The maximum atomic E-state index is 12.2. The second-order valence-corrected chi connectivity index (χ2v) is 5.95. The van der Waals surface area contributed by atoms with Gasteiger partial charge < -0.3 is 10.2 Å². The van der Waals surface area contributed by atoms with E-state index in [-0.39, 0.29) is 11.8 Å². The fourth-order valence-electron chi connectivity index (χ4n) is 2.31. The number of rotatable bonds is 3. The Kier molecular flexibility index (Phi) is 4.26. The average molecular weight is 325 g/mol. The highest BCUT2D eigenvalue weighted by Gasteiger charge is 2.27. The summed E-state index contributed by atoms with van der Waals surface area (Å²) in [7, 11) is 0. The number of aromatic nitrogens is 4. The van der Waals surface area contributed by atoms with Gasteiger partial charge in [-0.3, -0.25) is 4.79 Å². The summed E-state index contributed by atoms with van der Waals surface area (Å²) in [6.45, 7) is 1.47. The van der Waals surface area contributed by atoms with Crippen LogP contribution in [0.5, 0.6) is 0 Å². The summed E-state index contributed by atoms with van der Waals surface area (Å²) in [4.78, 5) is 14.3. The summed E-state index contributed by atoms with van der Waals surface area (Å²) < 4.78 is 0. The van der Waals surface area contributed by atoms with Crippen molar-refractivity contribution in [2.24, 2.45) is 5.92 Å². The molecular formula is C12H13ClN6OS. The van der Waals surface area contributed by atoms with Gasteiger partial charge in [-0.15, -0.1) is 20.4 Å². The Morgan fingerprint density at radius 1 is 1.38 bits per heavy atom. The van der Waals surface area contributed by atoms with Crippen molar-refractivity contribution < 1.29 is 4.79 Å². The number of halogens is 1. The topological polar surface area (TPSA) is 83.9 Å². The van der Waals surface area contributed by atoms with Gasteiger partial charge >= 0.3 is 0 Å². The van der Waals surface area contributed by atoms with Crippen molar-refractivity contribution in [3.8, 4) is 0 Å². The van der Waals surface area contributed by atoms with Crippen LogP contribution >= 0.6 is 22.9 Å². The predicted octanol–water partition coefficient (Wildman–Crippen LogP) is 1.84. The van der Waals surface area contributed by atoms with E-state index in [1.807, 2.05) is 6.07 Å². The molecule has 1 saturated heterocycles. The molecule has 3 heterocycles. The lowest BCUT2D eigenvalue weighted by Gasteiger charge is -2.32. The molecule has 0 saturated carbocycles. The van der Waals surface area contributed by atoms with Crippen molar-refractivity contribution in [2.45, 2.75) is 12.8 Å². The van der Waals surface area contributed by atoms with Gasteiger partial charge in [0.1, 0.15) is 5.51 Å². The molecule has 110 valence electrons. The summed E-state index contributed by atoms with van der Waals surface area (Å²) in [6.07, 6.45) is 1.78. The molecular weight excluding hydrogens is 312 g/mol. The zero-order valence-corrected chi connectivity index (χ0v) is 12.6. The molecule has 2 aromatic rings. The average Bonchev–Trinajstić information content (AvgIpc) is 3.01. The van der Waals surface area contributed by atoms with Crippen LogP contribution < -0.4 is 10.2 Å². The Balaban J connectivity index is 1.65. The first-order valence-corrected chi connectivity index (χ1v) is 7.79. The molecule has 21 heavy (non-hydrogen) atoms. The summed E-state index contributed by atoms with van der Waals surface area (Å²) >= 11 is 7.05. The number of carbonyl (C=O) groups is 1. The first kappa shape index (κ1) is 14.2. The largest absolute Gasteiger partial charge is 0.354 e. The van der Waals surface area contributed by atoms with Crippen molar-refractivity contribution in [2.75, 3.05) is 23.3 Å². The molecule has 0 aliphatic carbocycles. The van der Waals surface area contributed by atoms with Crippen LogP contribution in [0.15, 0.2) is 17.6 Å². The Bertz CT molecular complexity index is 605. The van der Waals surface area contributed by atoms with Gasteiger partial charge in [-0.2, -0.15) is 0 Å². The van der Waals surface area contributed by atoms with Crippen molar-refractivity contribution in [3.63, 3.8) is 0 Å². The summed E-state index contributed by atoms with van der Waals surface area (Å²) in [5, 5.41) is 19.1. The molecule has 0 aromatic carbocycles. The van der Waals surface area contributed by atoms with Gasteiger partial charge in [-0.1, -0.05) is 22.9 Å². The van der Waals surface area contributed by atoms with Gasteiger partial charge in [0.2, 0.25) is 11.0 Å². The normalized spacial score (nSPS) is 18.5. The standard InChI is InChI=1S/C12H13ClN6OS/c13-9-3-4-10(17-16-9)19-5-1-2-8(6-19)11(20)15-12-18-14-7-21-12/h3-4,7-8H,1-2,5-6H2,(H,15,18,20)/t8-/m1/s1. The van der Waals surface area contributed by atoms with E-state index in [1.165, 1.54) is 11.3 Å². The molecule has 1 N–H and O–H groups in total. The molecule has 1 aliphatic rings. The number of nitrogens with one attached hydrogen (secondary N) is 1. The van der Waals surface area contributed by atoms with E-state index in [4.69, 9.17) is 11.6 Å². The third kappa shape index (κ3) is 3.45. The SMILES string of the molecule is O=C(Nc1nncs1)[C@@H]1CCCN(c2ccc(Cl)nn2)C1. The Morgan fingerprint density at radius 3 is 3.00 bits per heavy atom. The van der Waals surface area contributed by atoms with E-state index in [0.29, 0.717) is 16.8 Å². The van der Waals surface area contributed by atoms with E-state index in [0.717, 1.165) is 25.2 Å². The number of piperidine rings is 1. The lowest BCUT2D eigenvalue weighted by Crippen LogP contribution is -2.41. The minimum atomic E-state index is -0.0971. The lowest BCUT2D eigenvalue weighted by atomic mass is 9.97. The first-order chi connectivity index (χ1) is 10.2. The molecule has 3 rings (SSSR count). The molecule has 2 aromatic heterocycles. The van der Waals surface area contributed by atoms with Crippen LogP contribution in [-0.2, 0) is 4.79 Å². The fraction of sp³-hybridized carbons (Fsp3) is 0.417. The fourth-order valence-corrected chi connectivity index (χ4v) is 2.86. The van der Waals surface area contributed by atoms with Crippen LogP contribution in [0, 0.1) is 5.92 Å². The van der Waals surface area contributed by atoms with E-state index in [1.54, 1.807) is 11.6 Å². The van der Waals surface area contributed by atoms with E-state index < -0.39 is 0 Å². The van der Waals surface area contributed by atoms with Crippen LogP contribution in [0.2, 0.25) is 5.15 Å². The Morgan fingerprint density at radius 2 is 2.29 bits per heavy atom. The molecule has 0 bridgehead atoms. The summed E-state index contributed by atoms with van der Waals surface area (Å²) in [5.41, 5.74) is 1.59. The number of anilines is 2. The van der Waals surface area contributed by atoms with Crippen LogP contribution in [0.3, 0.4) is 0 Å². The van der Waals surface area contributed by atoms with Gasteiger partial charge in [-0.05, 0) is 25.0 Å². The monoisotopic (exact) mass is 324 g/mol. The molecule has 0 unspecified atom stereocenters. The Hall–Kier alpha value is -1.80. The number of hydrogen-bond acceptors (Lipinski definition) is 7. The highest BCUT2D eigenvalue weighted by atomic mass is 35.5. The third-order valence-corrected chi connectivity index (χ3v) is 4.13. The third-order valence-electron chi connectivity index (χ3n) is 3.32. The number of amides is 1. The first-order valence-electron chi connectivity index (χ1n) is 6.53. The predicted molar refractivity (Wildman–Crippen MR) is 80.5 cm³/mol. The van der Waals surface area contributed by atoms with Crippen molar-refractivity contribution in [1.29, 1.82) is 0 Å². The van der Waals surface area contributed by atoms with E-state index in [9.17, 15) is 4.79 Å². The van der Waals surface area contributed by atoms with Gasteiger partial charge in [0, 0.05) is 13.1 Å². The lowest BCUT2D eigenvalue weighted by molar-refractivity contribution is -0.120. The number of hydrogen-bond donors (Lipinski definition) is 1. The minimum absolute atomic E-state index is 0.0293. The maximum absolute atomic E-state index is 12.2. The van der Waals surface area contributed by atoms with Gasteiger partial charge in [0.15, 0.2) is 11.0 Å². The smallest absolute Gasteiger partial charge is 0.231 e. The minimum Gasteiger partial charge on any atom is -0.354 e. The van der Waals surface area contributed by atoms with Crippen molar-refractivity contribution in [3.05, 3.63) is 22.8 Å². The highest BCUT2D eigenvalue weighted by molar-refractivity contribution is 7.13. The summed E-state index contributed by atoms with van der Waals surface area (Å²) in [5.74, 6) is 0.617. The van der Waals surface area contributed by atoms with Gasteiger partial charge in [0.25, 0.3) is 0 Å². The highest BCUT2D eigenvalue weighted by Crippen LogP contribution is 2.23. The zero-order chi connectivity index (χ0) is 14.7. The second-order valence-electron chi connectivity index (χ2n) is 4.73. The van der Waals surface area contributed by atoms with Crippen molar-refractivity contribution >= 4 is 39.8 Å². The zero-order valence-electron chi connectivity index (χ0n) is 11.1.